The third-order valence-corrected chi connectivity index (χ3v) is 3.79. The number of pyridine rings is 1. The van der Waals surface area contributed by atoms with Crippen molar-refractivity contribution in [2.75, 3.05) is 26.2 Å². The molecule has 1 N–H and O–H groups in total. The number of nitrogens with one attached hydrogen (secondary N) is 1. The molecule has 104 valence electrons. The molecule has 0 radical (unpaired) electrons. The Morgan fingerprint density at radius 1 is 1.32 bits per heavy atom. The van der Waals surface area contributed by atoms with Gasteiger partial charge in [-0.05, 0) is 60.9 Å². The van der Waals surface area contributed by atoms with Crippen molar-refractivity contribution in [2.45, 2.75) is 25.7 Å². The number of rotatable bonds is 5. The third kappa shape index (κ3) is 4.91. The maximum absolute atomic E-state index is 11.9. The van der Waals surface area contributed by atoms with Gasteiger partial charge in [0.25, 0.3) is 5.91 Å². The predicted molar refractivity (Wildman–Crippen MR) is 79.2 cm³/mol. The summed E-state index contributed by atoms with van der Waals surface area (Å²) in [6.45, 7) is 4.23. The van der Waals surface area contributed by atoms with E-state index in [0.29, 0.717) is 5.56 Å². The smallest absolute Gasteiger partial charge is 0.252 e. The maximum Gasteiger partial charge on any atom is 0.252 e. The second kappa shape index (κ2) is 7.60. The minimum atomic E-state index is -0.0487. The molecule has 19 heavy (non-hydrogen) atoms. The van der Waals surface area contributed by atoms with Gasteiger partial charge in [0, 0.05) is 23.4 Å². The van der Waals surface area contributed by atoms with E-state index in [4.69, 9.17) is 0 Å². The zero-order valence-corrected chi connectivity index (χ0v) is 12.7. The van der Waals surface area contributed by atoms with Crippen LogP contribution in [-0.2, 0) is 0 Å². The monoisotopic (exact) mass is 325 g/mol. The number of carbonyl (C=O) groups excluding carboxylic acids is 1. The average Bonchev–Trinajstić information content (AvgIpc) is 2.44. The first-order valence-corrected chi connectivity index (χ1v) is 7.66. The number of hydrogen-bond donors (Lipinski definition) is 1. The molecule has 0 unspecified atom stereocenters. The van der Waals surface area contributed by atoms with Crippen LogP contribution in [0.15, 0.2) is 22.9 Å². The minimum Gasteiger partial charge on any atom is -0.352 e. The molecule has 2 rings (SSSR count). The highest BCUT2D eigenvalue weighted by molar-refractivity contribution is 9.10. The molecule has 4 nitrogen and oxygen atoms in total. The lowest BCUT2D eigenvalue weighted by molar-refractivity contribution is 0.0950. The van der Waals surface area contributed by atoms with Gasteiger partial charge in [0.05, 0.1) is 5.56 Å². The third-order valence-electron chi connectivity index (χ3n) is 3.35. The van der Waals surface area contributed by atoms with Gasteiger partial charge in [-0.2, -0.15) is 0 Å². The molecule has 1 amide bonds. The van der Waals surface area contributed by atoms with Crippen molar-refractivity contribution in [3.63, 3.8) is 0 Å². The van der Waals surface area contributed by atoms with Crippen LogP contribution in [0.5, 0.6) is 0 Å². The molecule has 0 aromatic carbocycles. The molecule has 5 heteroatoms. The number of amides is 1. The predicted octanol–water partition coefficient (Wildman–Crippen LogP) is 2.45. The molecular formula is C14H20BrN3O. The summed E-state index contributed by atoms with van der Waals surface area (Å²) in [6, 6.07) is 1.78. The first-order valence-electron chi connectivity index (χ1n) is 6.87. The molecule has 0 atom stereocenters. The second-order valence-electron chi connectivity index (χ2n) is 4.90. The van der Waals surface area contributed by atoms with Crippen molar-refractivity contribution in [2.24, 2.45) is 0 Å². The van der Waals surface area contributed by atoms with E-state index in [1.54, 1.807) is 18.5 Å². The molecule has 1 aromatic heterocycles. The zero-order valence-electron chi connectivity index (χ0n) is 11.1. The lowest BCUT2D eigenvalue weighted by Gasteiger charge is -2.26. The number of piperidine rings is 1. The fourth-order valence-corrected chi connectivity index (χ4v) is 2.69. The van der Waals surface area contributed by atoms with Crippen LogP contribution in [-0.4, -0.2) is 42.0 Å². The summed E-state index contributed by atoms with van der Waals surface area (Å²) in [7, 11) is 0. The van der Waals surface area contributed by atoms with Gasteiger partial charge in [-0.25, -0.2) is 0 Å². The SMILES string of the molecule is O=C(NCCCN1CCCCC1)c1cncc(Br)c1. The van der Waals surface area contributed by atoms with E-state index in [0.717, 1.165) is 24.0 Å². The highest BCUT2D eigenvalue weighted by atomic mass is 79.9. The van der Waals surface area contributed by atoms with E-state index in [1.165, 1.54) is 32.4 Å². The molecular weight excluding hydrogens is 306 g/mol. The van der Waals surface area contributed by atoms with Crippen molar-refractivity contribution in [1.82, 2.24) is 15.2 Å². The molecule has 1 aromatic rings. The molecule has 2 heterocycles. The highest BCUT2D eigenvalue weighted by Crippen LogP contribution is 2.10. The van der Waals surface area contributed by atoms with Gasteiger partial charge < -0.3 is 10.2 Å². The molecule has 0 saturated carbocycles. The van der Waals surface area contributed by atoms with Crippen molar-refractivity contribution >= 4 is 21.8 Å². The standard InChI is InChI=1S/C14H20BrN3O/c15-13-9-12(10-16-11-13)14(19)17-5-4-8-18-6-2-1-3-7-18/h9-11H,1-8H2,(H,17,19). The summed E-state index contributed by atoms with van der Waals surface area (Å²) in [5.41, 5.74) is 0.604. The normalized spacial score (nSPS) is 16.3. The largest absolute Gasteiger partial charge is 0.352 e. The number of hydrogen-bond acceptors (Lipinski definition) is 3. The minimum absolute atomic E-state index is 0.0487. The van der Waals surface area contributed by atoms with Crippen molar-refractivity contribution < 1.29 is 4.79 Å². The Hall–Kier alpha value is -0.940. The van der Waals surface area contributed by atoms with E-state index in [-0.39, 0.29) is 5.91 Å². The number of halogens is 1. The van der Waals surface area contributed by atoms with Gasteiger partial charge in [-0.15, -0.1) is 0 Å². The van der Waals surface area contributed by atoms with Gasteiger partial charge in [0.15, 0.2) is 0 Å². The Balaban J connectivity index is 1.66. The number of carbonyl (C=O) groups is 1. The van der Waals surface area contributed by atoms with E-state index < -0.39 is 0 Å². The Morgan fingerprint density at radius 2 is 2.11 bits per heavy atom. The van der Waals surface area contributed by atoms with Crippen LogP contribution in [0.1, 0.15) is 36.0 Å². The molecule has 0 spiro atoms. The van der Waals surface area contributed by atoms with E-state index in [9.17, 15) is 4.79 Å². The summed E-state index contributed by atoms with van der Waals surface area (Å²) in [5, 5.41) is 2.94. The molecule has 1 fully saturated rings. The Bertz CT molecular complexity index is 419. The molecule has 0 bridgehead atoms. The lowest BCUT2D eigenvalue weighted by atomic mass is 10.1. The van der Waals surface area contributed by atoms with Crippen LogP contribution in [0.3, 0.4) is 0 Å². The summed E-state index contributed by atoms with van der Waals surface area (Å²) in [4.78, 5) is 18.3. The summed E-state index contributed by atoms with van der Waals surface area (Å²) in [6.07, 6.45) is 8.26. The molecule has 1 saturated heterocycles. The quantitative estimate of drug-likeness (QED) is 0.846. The maximum atomic E-state index is 11.9. The first-order chi connectivity index (χ1) is 9.25. The Kier molecular flexibility index (Phi) is 5.79. The van der Waals surface area contributed by atoms with Crippen LogP contribution in [0.4, 0.5) is 0 Å². The van der Waals surface area contributed by atoms with Crippen molar-refractivity contribution in [3.8, 4) is 0 Å². The second-order valence-corrected chi connectivity index (χ2v) is 5.82. The summed E-state index contributed by atoms with van der Waals surface area (Å²) in [5.74, 6) is -0.0487. The highest BCUT2D eigenvalue weighted by Gasteiger charge is 2.10. The summed E-state index contributed by atoms with van der Waals surface area (Å²) < 4.78 is 0.827. The topological polar surface area (TPSA) is 45.2 Å². The van der Waals surface area contributed by atoms with Gasteiger partial charge in [-0.3, -0.25) is 9.78 Å². The van der Waals surface area contributed by atoms with Crippen LogP contribution >= 0.6 is 15.9 Å². The fraction of sp³-hybridized carbons (Fsp3) is 0.571. The lowest BCUT2D eigenvalue weighted by Crippen LogP contribution is -2.33. The van der Waals surface area contributed by atoms with E-state index >= 15 is 0 Å². The fourth-order valence-electron chi connectivity index (χ4n) is 2.33. The first kappa shape index (κ1) is 14.5. The van der Waals surface area contributed by atoms with Crippen molar-refractivity contribution in [1.29, 1.82) is 0 Å². The average molecular weight is 326 g/mol. The van der Waals surface area contributed by atoms with E-state index in [1.807, 2.05) is 0 Å². The zero-order chi connectivity index (χ0) is 13.5. The van der Waals surface area contributed by atoms with Crippen LogP contribution < -0.4 is 5.32 Å². The van der Waals surface area contributed by atoms with Gasteiger partial charge >= 0.3 is 0 Å². The van der Waals surface area contributed by atoms with E-state index in [2.05, 4.69) is 31.1 Å². The summed E-state index contributed by atoms with van der Waals surface area (Å²) >= 11 is 3.32. The van der Waals surface area contributed by atoms with Crippen LogP contribution in [0, 0.1) is 0 Å². The van der Waals surface area contributed by atoms with Crippen LogP contribution in [0.2, 0.25) is 0 Å². The Labute approximate surface area is 122 Å². The van der Waals surface area contributed by atoms with Gasteiger partial charge in [0.1, 0.15) is 0 Å². The molecule has 1 aliphatic heterocycles. The number of nitrogens with zero attached hydrogens (tertiary/aromatic N) is 2. The van der Waals surface area contributed by atoms with Gasteiger partial charge in [0.2, 0.25) is 0 Å². The Morgan fingerprint density at radius 3 is 2.84 bits per heavy atom. The molecule has 0 aliphatic carbocycles. The van der Waals surface area contributed by atoms with Gasteiger partial charge in [-0.1, -0.05) is 6.42 Å². The number of aromatic nitrogens is 1. The van der Waals surface area contributed by atoms with Crippen molar-refractivity contribution in [3.05, 3.63) is 28.5 Å². The van der Waals surface area contributed by atoms with Crippen LogP contribution in [0.25, 0.3) is 0 Å². The number of likely N-dealkylation sites (tertiary alicyclic amines) is 1. The molecule has 1 aliphatic rings.